The van der Waals surface area contributed by atoms with Crippen LogP contribution >= 0.6 is 11.6 Å². The first kappa shape index (κ1) is 12.1. The van der Waals surface area contributed by atoms with Gasteiger partial charge in [0.05, 0.1) is 18.2 Å². The van der Waals surface area contributed by atoms with E-state index in [1.165, 1.54) is 7.11 Å². The lowest BCUT2D eigenvalue weighted by atomic mass is 10.0. The number of aliphatic hydroxyl groups excluding tert-OH is 1. The van der Waals surface area contributed by atoms with Crippen LogP contribution in [-0.2, 0) is 6.42 Å². The Morgan fingerprint density at radius 3 is 2.60 bits per heavy atom. The van der Waals surface area contributed by atoms with Crippen LogP contribution in [-0.4, -0.2) is 23.4 Å². The van der Waals surface area contributed by atoms with Gasteiger partial charge in [-0.3, -0.25) is 0 Å². The summed E-state index contributed by atoms with van der Waals surface area (Å²) in [6, 6.07) is 1.71. The summed E-state index contributed by atoms with van der Waals surface area (Å²) in [5.74, 6) is 0.284. The standard InChI is InChI=1S/C11H15ClO3/c1-6-4-9(15-3)11(14)10(12)8(6)5-7(2)13/h4,7,13-14H,5H2,1-3H3. The molecule has 2 N–H and O–H groups in total. The molecule has 0 radical (unpaired) electrons. The number of hydrogen-bond donors (Lipinski definition) is 2. The third kappa shape index (κ3) is 2.55. The molecule has 1 aromatic carbocycles. The minimum atomic E-state index is -0.492. The van der Waals surface area contributed by atoms with E-state index in [-0.39, 0.29) is 10.8 Å². The van der Waals surface area contributed by atoms with Gasteiger partial charge in [0.15, 0.2) is 11.5 Å². The molecular weight excluding hydrogens is 216 g/mol. The van der Waals surface area contributed by atoms with Crippen LogP contribution in [0.3, 0.4) is 0 Å². The molecule has 15 heavy (non-hydrogen) atoms. The summed E-state index contributed by atoms with van der Waals surface area (Å²) < 4.78 is 4.97. The van der Waals surface area contributed by atoms with Gasteiger partial charge in [0.2, 0.25) is 0 Å². The third-order valence-corrected chi connectivity index (χ3v) is 2.66. The van der Waals surface area contributed by atoms with Gasteiger partial charge in [-0.2, -0.15) is 0 Å². The monoisotopic (exact) mass is 230 g/mol. The molecule has 84 valence electrons. The summed E-state index contributed by atoms with van der Waals surface area (Å²) in [4.78, 5) is 0. The Balaban J connectivity index is 3.23. The van der Waals surface area contributed by atoms with Gasteiger partial charge in [-0.05, 0) is 37.5 Å². The highest BCUT2D eigenvalue weighted by molar-refractivity contribution is 6.33. The minimum Gasteiger partial charge on any atom is -0.503 e. The average molecular weight is 231 g/mol. The average Bonchev–Trinajstić information content (AvgIpc) is 2.18. The van der Waals surface area contributed by atoms with Crippen molar-refractivity contribution >= 4 is 11.6 Å². The maximum atomic E-state index is 9.68. The SMILES string of the molecule is COc1cc(C)c(CC(C)O)c(Cl)c1O. The first-order valence-electron chi connectivity index (χ1n) is 4.70. The number of aromatic hydroxyl groups is 1. The number of methoxy groups -OCH3 is 1. The van der Waals surface area contributed by atoms with Gasteiger partial charge in [-0.15, -0.1) is 0 Å². The number of phenols is 1. The maximum Gasteiger partial charge on any atom is 0.177 e. The lowest BCUT2D eigenvalue weighted by molar-refractivity contribution is 0.195. The number of rotatable bonds is 3. The van der Waals surface area contributed by atoms with E-state index in [1.54, 1.807) is 13.0 Å². The summed E-state index contributed by atoms with van der Waals surface area (Å²) in [6.07, 6.45) is -0.0728. The van der Waals surface area contributed by atoms with Gasteiger partial charge in [-0.1, -0.05) is 11.6 Å². The summed E-state index contributed by atoms with van der Waals surface area (Å²) in [5.41, 5.74) is 1.65. The Morgan fingerprint density at radius 2 is 2.13 bits per heavy atom. The second kappa shape index (κ2) is 4.73. The normalized spacial score (nSPS) is 12.6. The molecule has 0 spiro atoms. The lowest BCUT2D eigenvalue weighted by Gasteiger charge is -2.14. The van der Waals surface area contributed by atoms with Crippen molar-refractivity contribution in [3.8, 4) is 11.5 Å². The molecule has 0 saturated heterocycles. The van der Waals surface area contributed by atoms with Crippen molar-refractivity contribution in [1.82, 2.24) is 0 Å². The summed E-state index contributed by atoms with van der Waals surface area (Å²) in [6.45, 7) is 3.54. The molecule has 0 heterocycles. The number of aryl methyl sites for hydroxylation is 1. The molecule has 3 nitrogen and oxygen atoms in total. The van der Waals surface area contributed by atoms with E-state index in [9.17, 15) is 10.2 Å². The van der Waals surface area contributed by atoms with Gasteiger partial charge in [0.25, 0.3) is 0 Å². The van der Waals surface area contributed by atoms with E-state index in [0.29, 0.717) is 12.2 Å². The van der Waals surface area contributed by atoms with Crippen LogP contribution in [0.5, 0.6) is 11.5 Å². The summed E-state index contributed by atoms with van der Waals surface area (Å²) in [7, 11) is 1.47. The van der Waals surface area contributed by atoms with E-state index in [4.69, 9.17) is 16.3 Å². The molecular formula is C11H15ClO3. The molecule has 1 aromatic rings. The van der Waals surface area contributed by atoms with E-state index in [1.807, 2.05) is 6.92 Å². The van der Waals surface area contributed by atoms with Crippen molar-refractivity contribution in [2.45, 2.75) is 26.4 Å². The molecule has 0 fully saturated rings. The van der Waals surface area contributed by atoms with Crippen LogP contribution in [0.15, 0.2) is 6.07 Å². The molecule has 1 rings (SSSR count). The third-order valence-electron chi connectivity index (χ3n) is 2.25. The quantitative estimate of drug-likeness (QED) is 0.838. The zero-order chi connectivity index (χ0) is 11.6. The van der Waals surface area contributed by atoms with Crippen molar-refractivity contribution in [2.24, 2.45) is 0 Å². The number of halogens is 1. The van der Waals surface area contributed by atoms with E-state index in [2.05, 4.69) is 0 Å². The fourth-order valence-corrected chi connectivity index (χ4v) is 1.80. The maximum absolute atomic E-state index is 9.68. The lowest BCUT2D eigenvalue weighted by Crippen LogP contribution is -2.06. The smallest absolute Gasteiger partial charge is 0.177 e. The van der Waals surface area contributed by atoms with Gasteiger partial charge < -0.3 is 14.9 Å². The van der Waals surface area contributed by atoms with Gasteiger partial charge in [0, 0.05) is 0 Å². The largest absolute Gasteiger partial charge is 0.503 e. The predicted molar refractivity (Wildman–Crippen MR) is 59.8 cm³/mol. The van der Waals surface area contributed by atoms with Crippen LogP contribution in [0.1, 0.15) is 18.1 Å². The minimum absolute atomic E-state index is 0.0691. The van der Waals surface area contributed by atoms with Gasteiger partial charge in [0.1, 0.15) is 0 Å². The molecule has 4 heteroatoms. The molecule has 0 aliphatic carbocycles. The number of hydrogen-bond acceptors (Lipinski definition) is 3. The van der Waals surface area contributed by atoms with E-state index < -0.39 is 6.10 Å². The van der Waals surface area contributed by atoms with Crippen LogP contribution in [0.4, 0.5) is 0 Å². The molecule has 0 aromatic heterocycles. The summed E-state index contributed by atoms with van der Waals surface area (Å²) in [5, 5.41) is 19.2. The first-order valence-corrected chi connectivity index (χ1v) is 5.08. The summed E-state index contributed by atoms with van der Waals surface area (Å²) >= 11 is 5.99. The van der Waals surface area contributed by atoms with Crippen LogP contribution < -0.4 is 4.74 Å². The Morgan fingerprint density at radius 1 is 1.53 bits per heavy atom. The Labute approximate surface area is 94.3 Å². The molecule has 1 unspecified atom stereocenters. The molecule has 0 aliphatic rings. The van der Waals surface area contributed by atoms with Crippen molar-refractivity contribution in [2.75, 3.05) is 7.11 Å². The molecule has 0 bridgehead atoms. The highest BCUT2D eigenvalue weighted by atomic mass is 35.5. The number of ether oxygens (including phenoxy) is 1. The van der Waals surface area contributed by atoms with Crippen LogP contribution in [0.25, 0.3) is 0 Å². The van der Waals surface area contributed by atoms with Gasteiger partial charge >= 0.3 is 0 Å². The zero-order valence-electron chi connectivity index (χ0n) is 9.04. The number of benzene rings is 1. The molecule has 0 aliphatic heterocycles. The molecule has 0 amide bonds. The number of phenolic OH excluding ortho intramolecular Hbond substituents is 1. The topological polar surface area (TPSA) is 49.7 Å². The first-order chi connectivity index (χ1) is 6.97. The number of aliphatic hydroxyl groups is 1. The van der Waals surface area contributed by atoms with Crippen molar-refractivity contribution in [3.63, 3.8) is 0 Å². The van der Waals surface area contributed by atoms with Gasteiger partial charge in [-0.25, -0.2) is 0 Å². The molecule has 1 atom stereocenters. The second-order valence-corrected chi connectivity index (χ2v) is 3.97. The Hall–Kier alpha value is -0.930. The van der Waals surface area contributed by atoms with Crippen LogP contribution in [0.2, 0.25) is 5.02 Å². The Kier molecular flexibility index (Phi) is 3.83. The fourth-order valence-electron chi connectivity index (χ4n) is 1.48. The van der Waals surface area contributed by atoms with Crippen molar-refractivity contribution in [3.05, 3.63) is 22.2 Å². The Bertz CT molecular complexity index is 361. The van der Waals surface area contributed by atoms with E-state index in [0.717, 1.165) is 11.1 Å². The zero-order valence-corrected chi connectivity index (χ0v) is 9.80. The molecule has 0 saturated carbocycles. The highest BCUT2D eigenvalue weighted by Crippen LogP contribution is 2.38. The van der Waals surface area contributed by atoms with Crippen molar-refractivity contribution < 1.29 is 14.9 Å². The predicted octanol–water partition coefficient (Wildman–Crippen LogP) is 2.29. The fraction of sp³-hybridized carbons (Fsp3) is 0.455. The second-order valence-electron chi connectivity index (χ2n) is 3.59. The highest BCUT2D eigenvalue weighted by Gasteiger charge is 2.15. The van der Waals surface area contributed by atoms with E-state index >= 15 is 0 Å². The van der Waals surface area contributed by atoms with Crippen LogP contribution in [0, 0.1) is 6.92 Å². The van der Waals surface area contributed by atoms with Crippen molar-refractivity contribution in [1.29, 1.82) is 0 Å².